The van der Waals surface area contributed by atoms with E-state index in [1.54, 1.807) is 13.8 Å². The van der Waals surface area contributed by atoms with E-state index >= 15 is 0 Å². The van der Waals surface area contributed by atoms with Gasteiger partial charge in [-0.25, -0.2) is 8.42 Å². The topological polar surface area (TPSA) is 94.0 Å². The van der Waals surface area contributed by atoms with E-state index in [0.29, 0.717) is 0 Å². The molecule has 0 saturated carbocycles. The van der Waals surface area contributed by atoms with Crippen molar-refractivity contribution in [2.75, 3.05) is 13.1 Å². The van der Waals surface area contributed by atoms with E-state index < -0.39 is 10.0 Å². The lowest BCUT2D eigenvalue weighted by atomic mass is 10.2. The molecule has 0 aliphatic rings. The van der Waals surface area contributed by atoms with Crippen molar-refractivity contribution in [2.24, 2.45) is 5.92 Å². The van der Waals surface area contributed by atoms with E-state index in [1.165, 1.54) is 10.4 Å². The Kier molecular flexibility index (Phi) is 4.64. The van der Waals surface area contributed by atoms with Crippen molar-refractivity contribution in [3.05, 3.63) is 28.7 Å². The third kappa shape index (κ3) is 3.18. The van der Waals surface area contributed by atoms with Gasteiger partial charge in [0.15, 0.2) is 0 Å². The van der Waals surface area contributed by atoms with E-state index in [-0.39, 0.29) is 29.5 Å². The molecular weight excluding hydrogens is 254 g/mol. The van der Waals surface area contributed by atoms with Gasteiger partial charge in [-0.05, 0) is 13.0 Å². The normalized spacial score (nSPS) is 13.2. The number of H-pyrrole nitrogens is 1. The number of rotatable bonds is 5. The Balaban J connectivity index is 3.07. The van der Waals surface area contributed by atoms with Crippen molar-refractivity contribution in [3.63, 3.8) is 0 Å². The maximum absolute atomic E-state index is 12.2. The molecular formula is C11H15N3O3S. The molecule has 1 unspecified atom stereocenters. The zero-order valence-electron chi connectivity index (χ0n) is 10.3. The monoisotopic (exact) mass is 269 g/mol. The average molecular weight is 269 g/mol. The first-order valence-corrected chi connectivity index (χ1v) is 6.94. The molecule has 1 heterocycles. The largest absolute Gasteiger partial charge is 0.328 e. The Morgan fingerprint density at radius 1 is 1.50 bits per heavy atom. The number of hydrogen-bond acceptors (Lipinski definition) is 4. The van der Waals surface area contributed by atoms with Crippen LogP contribution in [0, 0.1) is 17.2 Å². The van der Waals surface area contributed by atoms with Gasteiger partial charge in [0, 0.05) is 25.4 Å². The fraction of sp³-hybridized carbons (Fsp3) is 0.455. The Morgan fingerprint density at radius 3 is 2.61 bits per heavy atom. The fourth-order valence-corrected chi connectivity index (χ4v) is 2.96. The van der Waals surface area contributed by atoms with Gasteiger partial charge in [0.25, 0.3) is 0 Å². The van der Waals surface area contributed by atoms with Crippen molar-refractivity contribution in [2.45, 2.75) is 18.7 Å². The molecule has 18 heavy (non-hydrogen) atoms. The molecule has 1 aromatic heterocycles. The third-order valence-corrected chi connectivity index (χ3v) is 4.38. The number of nitriles is 1. The van der Waals surface area contributed by atoms with Crippen LogP contribution in [-0.4, -0.2) is 30.8 Å². The Morgan fingerprint density at radius 2 is 2.17 bits per heavy atom. The van der Waals surface area contributed by atoms with Gasteiger partial charge in [-0.15, -0.1) is 0 Å². The SMILES string of the molecule is CCN(CC(C)C#N)S(=O)(=O)c1ccc(=O)[nH]c1. The van der Waals surface area contributed by atoms with Gasteiger partial charge >= 0.3 is 0 Å². The van der Waals surface area contributed by atoms with Gasteiger partial charge in [0.2, 0.25) is 15.6 Å². The zero-order chi connectivity index (χ0) is 13.8. The molecule has 0 amide bonds. The molecule has 0 spiro atoms. The van der Waals surface area contributed by atoms with Crippen LogP contribution in [0.2, 0.25) is 0 Å². The summed E-state index contributed by atoms with van der Waals surface area (Å²) in [5, 5.41) is 8.73. The summed E-state index contributed by atoms with van der Waals surface area (Å²) in [5.41, 5.74) is -0.359. The second-order valence-corrected chi connectivity index (χ2v) is 5.81. The zero-order valence-corrected chi connectivity index (χ0v) is 11.1. The van der Waals surface area contributed by atoms with Crippen LogP contribution < -0.4 is 5.56 Å². The quantitative estimate of drug-likeness (QED) is 0.844. The van der Waals surface area contributed by atoms with Crippen LogP contribution >= 0.6 is 0 Å². The Hall–Kier alpha value is -1.65. The van der Waals surface area contributed by atoms with Crippen LogP contribution in [0.4, 0.5) is 0 Å². The van der Waals surface area contributed by atoms with Gasteiger partial charge in [0.05, 0.1) is 16.9 Å². The number of sulfonamides is 1. The van der Waals surface area contributed by atoms with Crippen molar-refractivity contribution < 1.29 is 8.42 Å². The van der Waals surface area contributed by atoms with Crippen molar-refractivity contribution >= 4 is 10.0 Å². The number of aromatic nitrogens is 1. The standard InChI is InChI=1S/C11H15N3O3S/c1-3-14(8-9(2)6-12)18(16,17)10-4-5-11(15)13-7-10/h4-5,7,9H,3,8H2,1-2H3,(H,13,15). The Labute approximate surface area is 106 Å². The molecule has 0 aliphatic carbocycles. The van der Waals surface area contributed by atoms with E-state index in [4.69, 9.17) is 5.26 Å². The molecule has 0 saturated heterocycles. The molecule has 1 N–H and O–H groups in total. The minimum atomic E-state index is -3.66. The molecule has 0 radical (unpaired) electrons. The molecule has 0 aromatic carbocycles. The molecule has 1 atom stereocenters. The first kappa shape index (κ1) is 14.4. The minimum absolute atomic E-state index is 0.0223. The first-order chi connectivity index (χ1) is 8.41. The summed E-state index contributed by atoms with van der Waals surface area (Å²) in [7, 11) is -3.66. The van der Waals surface area contributed by atoms with E-state index in [9.17, 15) is 13.2 Å². The van der Waals surface area contributed by atoms with Crippen LogP contribution in [0.1, 0.15) is 13.8 Å². The van der Waals surface area contributed by atoms with E-state index in [0.717, 1.165) is 12.3 Å². The van der Waals surface area contributed by atoms with Crippen molar-refractivity contribution in [1.29, 1.82) is 5.26 Å². The summed E-state index contributed by atoms with van der Waals surface area (Å²) in [6.07, 6.45) is 1.16. The van der Waals surface area contributed by atoms with Crippen LogP contribution in [0.3, 0.4) is 0 Å². The average Bonchev–Trinajstić information content (AvgIpc) is 2.35. The highest BCUT2D eigenvalue weighted by atomic mass is 32.2. The summed E-state index contributed by atoms with van der Waals surface area (Å²) in [6, 6.07) is 4.42. The second kappa shape index (κ2) is 5.80. The lowest BCUT2D eigenvalue weighted by Crippen LogP contribution is -2.34. The van der Waals surface area contributed by atoms with Gasteiger partial charge in [-0.3, -0.25) is 4.79 Å². The minimum Gasteiger partial charge on any atom is -0.328 e. The highest BCUT2D eigenvalue weighted by Crippen LogP contribution is 2.14. The van der Waals surface area contributed by atoms with Crippen LogP contribution in [-0.2, 0) is 10.0 Å². The van der Waals surface area contributed by atoms with Crippen molar-refractivity contribution in [3.8, 4) is 6.07 Å². The number of aromatic amines is 1. The molecule has 1 aromatic rings. The molecule has 0 bridgehead atoms. The molecule has 98 valence electrons. The van der Waals surface area contributed by atoms with Gasteiger partial charge < -0.3 is 4.98 Å². The lowest BCUT2D eigenvalue weighted by Gasteiger charge is -2.21. The van der Waals surface area contributed by atoms with Gasteiger partial charge in [-0.1, -0.05) is 6.92 Å². The lowest BCUT2D eigenvalue weighted by molar-refractivity contribution is 0.399. The third-order valence-electron chi connectivity index (χ3n) is 2.44. The summed E-state index contributed by atoms with van der Waals surface area (Å²) in [4.78, 5) is 13.3. The predicted octanol–water partition coefficient (Wildman–Crippen LogP) is 0.545. The molecule has 6 nitrogen and oxygen atoms in total. The highest BCUT2D eigenvalue weighted by Gasteiger charge is 2.24. The van der Waals surface area contributed by atoms with Crippen LogP contribution in [0.5, 0.6) is 0 Å². The van der Waals surface area contributed by atoms with Crippen LogP contribution in [0.25, 0.3) is 0 Å². The number of nitrogens with one attached hydrogen (secondary N) is 1. The summed E-state index contributed by atoms with van der Waals surface area (Å²) < 4.78 is 25.7. The number of nitrogens with zero attached hydrogens (tertiary/aromatic N) is 2. The maximum atomic E-state index is 12.2. The second-order valence-electron chi connectivity index (χ2n) is 3.87. The molecule has 7 heteroatoms. The summed E-state index contributed by atoms with van der Waals surface area (Å²) in [6.45, 7) is 3.76. The molecule has 0 fully saturated rings. The van der Waals surface area contributed by atoms with Crippen LogP contribution in [0.15, 0.2) is 28.0 Å². The Bertz CT molecular complexity index is 580. The summed E-state index contributed by atoms with van der Waals surface area (Å²) in [5.74, 6) is -0.387. The molecule has 0 aliphatic heterocycles. The van der Waals surface area contributed by atoms with Gasteiger partial charge in [0.1, 0.15) is 0 Å². The van der Waals surface area contributed by atoms with E-state index in [2.05, 4.69) is 4.98 Å². The van der Waals surface area contributed by atoms with E-state index in [1.807, 2.05) is 6.07 Å². The van der Waals surface area contributed by atoms with Crippen molar-refractivity contribution in [1.82, 2.24) is 9.29 Å². The maximum Gasteiger partial charge on any atom is 0.247 e. The number of hydrogen-bond donors (Lipinski definition) is 1. The number of pyridine rings is 1. The fourth-order valence-electron chi connectivity index (χ4n) is 1.45. The molecule has 1 rings (SSSR count). The van der Waals surface area contributed by atoms with Gasteiger partial charge in [-0.2, -0.15) is 9.57 Å². The predicted molar refractivity (Wildman–Crippen MR) is 66.3 cm³/mol. The highest BCUT2D eigenvalue weighted by molar-refractivity contribution is 7.89. The summed E-state index contributed by atoms with van der Waals surface area (Å²) >= 11 is 0. The smallest absolute Gasteiger partial charge is 0.247 e. The first-order valence-electron chi connectivity index (χ1n) is 5.50.